The van der Waals surface area contributed by atoms with E-state index < -0.39 is 0 Å². The number of nitrogens with zero attached hydrogens (tertiary/aromatic N) is 3. The summed E-state index contributed by atoms with van der Waals surface area (Å²) >= 11 is 0. The smallest absolute Gasteiger partial charge is 0.243 e. The lowest BCUT2D eigenvalue weighted by molar-refractivity contribution is 0.849. The summed E-state index contributed by atoms with van der Waals surface area (Å²) in [6, 6.07) is 18.1. The third kappa shape index (κ3) is 2.52. The molecule has 19 heavy (non-hydrogen) atoms. The normalized spacial score (nSPS) is 12.3. The number of para-hydroxylation sites is 1. The second-order valence-electron chi connectivity index (χ2n) is 4.40. The molecule has 0 amide bonds. The Balaban J connectivity index is 1.85. The molecule has 0 aliphatic carbocycles. The lowest BCUT2D eigenvalue weighted by Crippen LogP contribution is -2.10. The van der Waals surface area contributed by atoms with Gasteiger partial charge in [0.1, 0.15) is 5.52 Å². The van der Waals surface area contributed by atoms with Gasteiger partial charge < -0.3 is 5.32 Å². The van der Waals surface area contributed by atoms with Crippen LogP contribution in [0.15, 0.2) is 54.6 Å². The zero-order valence-electron chi connectivity index (χ0n) is 10.6. The molecule has 1 aromatic heterocycles. The van der Waals surface area contributed by atoms with Gasteiger partial charge in [-0.2, -0.15) is 0 Å². The van der Waals surface area contributed by atoms with Crippen LogP contribution < -0.4 is 5.32 Å². The molecule has 1 heterocycles. The fourth-order valence-corrected chi connectivity index (χ4v) is 1.96. The molecule has 1 atom stereocenters. The predicted molar refractivity (Wildman–Crippen MR) is 75.8 cm³/mol. The quantitative estimate of drug-likeness (QED) is 0.775. The Morgan fingerprint density at radius 1 is 0.842 bits per heavy atom. The van der Waals surface area contributed by atoms with E-state index in [0.29, 0.717) is 5.95 Å². The first-order valence-electron chi connectivity index (χ1n) is 6.24. The molecular weight excluding hydrogens is 236 g/mol. The van der Waals surface area contributed by atoms with Gasteiger partial charge in [0.15, 0.2) is 0 Å². The summed E-state index contributed by atoms with van der Waals surface area (Å²) in [4.78, 5) is 4.46. The van der Waals surface area contributed by atoms with E-state index in [9.17, 15) is 0 Å². The summed E-state index contributed by atoms with van der Waals surface area (Å²) in [7, 11) is 0. The monoisotopic (exact) mass is 250 g/mol. The molecule has 3 rings (SSSR count). The summed E-state index contributed by atoms with van der Waals surface area (Å²) in [5.74, 6) is 0.551. The fraction of sp³-hybridized carbons (Fsp3) is 0.133. The Hall–Kier alpha value is -2.49. The summed E-state index contributed by atoms with van der Waals surface area (Å²) < 4.78 is 0. The maximum absolute atomic E-state index is 4.46. The van der Waals surface area contributed by atoms with E-state index in [1.54, 1.807) is 0 Å². The first kappa shape index (κ1) is 11.6. The molecule has 0 bridgehead atoms. The lowest BCUT2D eigenvalue weighted by atomic mass is 10.1. The Morgan fingerprint density at radius 2 is 1.53 bits per heavy atom. The van der Waals surface area contributed by atoms with Crippen LogP contribution in [0.2, 0.25) is 0 Å². The second-order valence-corrected chi connectivity index (χ2v) is 4.40. The van der Waals surface area contributed by atoms with Gasteiger partial charge in [0, 0.05) is 0 Å². The Bertz CT molecular complexity index is 682. The number of benzene rings is 2. The van der Waals surface area contributed by atoms with Crippen molar-refractivity contribution < 1.29 is 0 Å². The van der Waals surface area contributed by atoms with Gasteiger partial charge in [-0.15, -0.1) is 10.2 Å². The van der Waals surface area contributed by atoms with Crippen molar-refractivity contribution in [3.8, 4) is 0 Å². The van der Waals surface area contributed by atoms with Crippen molar-refractivity contribution in [2.24, 2.45) is 0 Å². The first-order chi connectivity index (χ1) is 9.33. The van der Waals surface area contributed by atoms with Crippen LogP contribution in [0.3, 0.4) is 0 Å². The molecule has 94 valence electrons. The van der Waals surface area contributed by atoms with E-state index in [-0.39, 0.29) is 6.04 Å². The van der Waals surface area contributed by atoms with Crippen LogP contribution in [0, 0.1) is 0 Å². The van der Waals surface area contributed by atoms with Gasteiger partial charge in [-0.25, -0.2) is 4.98 Å². The average molecular weight is 250 g/mol. The highest BCUT2D eigenvalue weighted by molar-refractivity contribution is 5.74. The summed E-state index contributed by atoms with van der Waals surface area (Å²) in [5.41, 5.74) is 2.85. The summed E-state index contributed by atoms with van der Waals surface area (Å²) in [5, 5.41) is 11.5. The van der Waals surface area contributed by atoms with Gasteiger partial charge in [0.2, 0.25) is 5.95 Å². The number of aromatic nitrogens is 3. The summed E-state index contributed by atoms with van der Waals surface area (Å²) in [6.07, 6.45) is 0. The van der Waals surface area contributed by atoms with E-state index in [0.717, 1.165) is 11.0 Å². The van der Waals surface area contributed by atoms with E-state index in [1.165, 1.54) is 5.56 Å². The topological polar surface area (TPSA) is 50.7 Å². The fourth-order valence-electron chi connectivity index (χ4n) is 1.96. The Kier molecular flexibility index (Phi) is 3.06. The molecule has 1 unspecified atom stereocenters. The van der Waals surface area contributed by atoms with Crippen LogP contribution in [0.1, 0.15) is 18.5 Å². The predicted octanol–water partition coefficient (Wildman–Crippen LogP) is 3.20. The van der Waals surface area contributed by atoms with Crippen LogP contribution in [0.25, 0.3) is 11.0 Å². The number of hydrogen-bond acceptors (Lipinski definition) is 4. The minimum absolute atomic E-state index is 0.143. The second kappa shape index (κ2) is 5.02. The van der Waals surface area contributed by atoms with Gasteiger partial charge in [0.05, 0.1) is 11.6 Å². The van der Waals surface area contributed by atoms with Crippen LogP contribution in [0.4, 0.5) is 5.95 Å². The molecule has 0 aliphatic rings. The van der Waals surface area contributed by atoms with Crippen molar-refractivity contribution in [1.29, 1.82) is 0 Å². The van der Waals surface area contributed by atoms with E-state index >= 15 is 0 Å². The zero-order valence-corrected chi connectivity index (χ0v) is 10.6. The molecule has 4 heteroatoms. The molecule has 0 fully saturated rings. The van der Waals surface area contributed by atoms with Crippen LogP contribution in [0.5, 0.6) is 0 Å². The van der Waals surface area contributed by atoms with Crippen LogP contribution in [-0.4, -0.2) is 15.2 Å². The lowest BCUT2D eigenvalue weighted by Gasteiger charge is -2.13. The number of fused-ring (bicyclic) bond motifs is 1. The number of rotatable bonds is 3. The van der Waals surface area contributed by atoms with Gasteiger partial charge in [-0.3, -0.25) is 0 Å². The maximum Gasteiger partial charge on any atom is 0.243 e. The molecule has 0 saturated heterocycles. The largest absolute Gasteiger partial charge is 0.346 e. The Morgan fingerprint density at radius 3 is 2.32 bits per heavy atom. The number of anilines is 1. The van der Waals surface area contributed by atoms with Crippen molar-refractivity contribution in [3.05, 3.63) is 60.2 Å². The molecule has 3 aromatic rings. The van der Waals surface area contributed by atoms with Crippen molar-refractivity contribution in [1.82, 2.24) is 15.2 Å². The van der Waals surface area contributed by atoms with Crippen molar-refractivity contribution in [2.75, 3.05) is 5.32 Å². The third-order valence-electron chi connectivity index (χ3n) is 3.01. The molecule has 0 spiro atoms. The molecule has 0 saturated carbocycles. The molecular formula is C15H14N4. The van der Waals surface area contributed by atoms with E-state index in [2.05, 4.69) is 39.6 Å². The summed E-state index contributed by atoms with van der Waals surface area (Å²) in [6.45, 7) is 2.08. The minimum atomic E-state index is 0.143. The van der Waals surface area contributed by atoms with Crippen LogP contribution in [-0.2, 0) is 0 Å². The first-order valence-corrected chi connectivity index (χ1v) is 6.24. The highest BCUT2D eigenvalue weighted by Crippen LogP contribution is 2.17. The zero-order chi connectivity index (χ0) is 13.1. The minimum Gasteiger partial charge on any atom is -0.346 e. The van der Waals surface area contributed by atoms with Crippen molar-refractivity contribution in [3.63, 3.8) is 0 Å². The Labute approximate surface area is 111 Å². The third-order valence-corrected chi connectivity index (χ3v) is 3.01. The van der Waals surface area contributed by atoms with Crippen molar-refractivity contribution in [2.45, 2.75) is 13.0 Å². The van der Waals surface area contributed by atoms with Crippen LogP contribution >= 0.6 is 0 Å². The van der Waals surface area contributed by atoms with Crippen molar-refractivity contribution >= 4 is 17.0 Å². The SMILES string of the molecule is CC(Nc1nnc2ccccc2n1)c1ccccc1. The molecule has 1 N–H and O–H groups in total. The van der Waals surface area contributed by atoms with Gasteiger partial charge in [-0.1, -0.05) is 42.5 Å². The highest BCUT2D eigenvalue weighted by Gasteiger charge is 2.07. The van der Waals surface area contributed by atoms with E-state index in [1.807, 2.05) is 42.5 Å². The molecule has 0 radical (unpaired) electrons. The average Bonchev–Trinajstić information content (AvgIpc) is 2.48. The van der Waals surface area contributed by atoms with E-state index in [4.69, 9.17) is 0 Å². The van der Waals surface area contributed by atoms with Gasteiger partial charge in [-0.05, 0) is 24.6 Å². The number of nitrogens with one attached hydrogen (secondary N) is 1. The number of hydrogen-bond donors (Lipinski definition) is 1. The molecule has 4 nitrogen and oxygen atoms in total. The van der Waals surface area contributed by atoms with Gasteiger partial charge >= 0.3 is 0 Å². The maximum atomic E-state index is 4.46. The highest BCUT2D eigenvalue weighted by atomic mass is 15.2. The molecule has 2 aromatic carbocycles. The molecule has 0 aliphatic heterocycles. The van der Waals surface area contributed by atoms with Gasteiger partial charge in [0.25, 0.3) is 0 Å². The standard InChI is InChI=1S/C15H14N4/c1-11(12-7-3-2-4-8-12)16-15-17-13-9-5-6-10-14(13)18-19-15/h2-11H,1H3,(H,16,17,19).